The van der Waals surface area contributed by atoms with Crippen LogP contribution in [0.1, 0.15) is 24.5 Å². The van der Waals surface area contributed by atoms with Gasteiger partial charge in [-0.3, -0.25) is 19.3 Å². The number of carbonyl (C=O) groups is 4. The third-order valence-electron chi connectivity index (χ3n) is 6.45. The molecule has 2 aliphatic rings. The summed E-state index contributed by atoms with van der Waals surface area (Å²) in [4.78, 5) is 62.5. The van der Waals surface area contributed by atoms with Crippen molar-refractivity contribution < 1.29 is 38.9 Å². The number of β-lactam (4-membered cyclic amide) rings is 1. The van der Waals surface area contributed by atoms with Crippen molar-refractivity contribution in [2.75, 3.05) is 5.75 Å². The summed E-state index contributed by atoms with van der Waals surface area (Å²) in [5.74, 6) is -4.61. The second-order valence-corrected chi connectivity index (χ2v) is 11.4. The number of aliphatic hydroxyl groups excluding tert-OH is 1. The van der Waals surface area contributed by atoms with Gasteiger partial charge in [0.25, 0.3) is 11.8 Å². The SMILES string of the molecule is O=C(O)CCC(Sc1ccc2n[nH]c(=O)n2n1)C1=C(C(=O)O)N2C(=O)C(NC(=O)[C@H](O)c3ccc(F)cc3)[C@H]2SC1. The maximum absolute atomic E-state index is 13.2. The van der Waals surface area contributed by atoms with Gasteiger partial charge < -0.3 is 20.6 Å². The molecule has 0 bridgehead atoms. The lowest BCUT2D eigenvalue weighted by Crippen LogP contribution is -2.71. The molecule has 1 aromatic carbocycles. The first-order chi connectivity index (χ1) is 19.5. The van der Waals surface area contributed by atoms with Gasteiger partial charge >= 0.3 is 17.6 Å². The lowest BCUT2D eigenvalue weighted by Gasteiger charge is -2.50. The lowest BCUT2D eigenvalue weighted by molar-refractivity contribution is -0.151. The van der Waals surface area contributed by atoms with Gasteiger partial charge in [-0.05, 0) is 41.8 Å². The fraction of sp³-hybridized carbons (Fsp3) is 0.292. The topological polar surface area (TPSA) is 207 Å². The van der Waals surface area contributed by atoms with Crippen LogP contribution in [0, 0.1) is 5.82 Å². The van der Waals surface area contributed by atoms with Crippen molar-refractivity contribution in [3.63, 3.8) is 0 Å². The van der Waals surface area contributed by atoms with Gasteiger partial charge in [0.1, 0.15) is 28.0 Å². The molecule has 2 aromatic heterocycles. The zero-order valence-corrected chi connectivity index (χ0v) is 22.4. The molecule has 0 saturated carbocycles. The maximum Gasteiger partial charge on any atom is 0.364 e. The molecule has 4 atom stereocenters. The first-order valence-electron chi connectivity index (χ1n) is 12.0. The third-order valence-corrected chi connectivity index (χ3v) is 9.02. The van der Waals surface area contributed by atoms with Gasteiger partial charge in [0.15, 0.2) is 11.8 Å². The standard InChI is InChI=1S/C24H21FN6O8S2/c25-11-3-1-10(2-4-11)19(34)20(35)26-17-21(36)30-18(23(37)38)12(9-40-22(17)30)13(5-8-16(32)33)41-15-7-6-14-27-28-24(39)31(14)29-15/h1-4,6-7,13,17,19,22,34H,5,8-9H2,(H,26,35)(H,28,39)(H,32,33)(H,37,38)/t13?,17?,19-,22-/m1/s1. The molecule has 0 aliphatic carbocycles. The Labute approximate surface area is 237 Å². The fourth-order valence-corrected chi connectivity index (χ4v) is 7.14. The number of fused-ring (bicyclic) bond motifs is 2. The number of amides is 2. The summed E-state index contributed by atoms with van der Waals surface area (Å²) < 4.78 is 14.2. The Kier molecular flexibility index (Phi) is 7.83. The number of rotatable bonds is 10. The second-order valence-electron chi connectivity index (χ2n) is 9.04. The molecule has 5 N–H and O–H groups in total. The molecule has 17 heteroatoms. The van der Waals surface area contributed by atoms with Gasteiger partial charge in [0, 0.05) is 17.4 Å². The molecule has 4 heterocycles. The molecule has 14 nitrogen and oxygen atoms in total. The normalized spacial score (nSPS) is 19.9. The predicted molar refractivity (Wildman–Crippen MR) is 141 cm³/mol. The number of thioether (sulfide) groups is 2. The number of H-pyrrole nitrogens is 1. The second kappa shape index (κ2) is 11.3. The van der Waals surface area contributed by atoms with E-state index < -0.39 is 58.0 Å². The van der Waals surface area contributed by atoms with Crippen LogP contribution in [0.2, 0.25) is 0 Å². The average molecular weight is 605 g/mol. The van der Waals surface area contributed by atoms with Crippen molar-refractivity contribution in [2.45, 2.75) is 40.6 Å². The first-order valence-corrected chi connectivity index (χ1v) is 14.0. The minimum Gasteiger partial charge on any atom is -0.481 e. The highest BCUT2D eigenvalue weighted by molar-refractivity contribution is 8.01. The van der Waals surface area contributed by atoms with Gasteiger partial charge in [-0.2, -0.15) is 14.7 Å². The first kappa shape index (κ1) is 28.3. The molecule has 2 aliphatic heterocycles. The Morgan fingerprint density at radius 3 is 2.59 bits per heavy atom. The zero-order chi connectivity index (χ0) is 29.4. The van der Waals surface area contributed by atoms with Gasteiger partial charge in [-0.25, -0.2) is 19.1 Å². The van der Waals surface area contributed by atoms with E-state index in [1.807, 2.05) is 0 Å². The smallest absolute Gasteiger partial charge is 0.364 e. The molecule has 2 unspecified atom stereocenters. The number of nitrogens with one attached hydrogen (secondary N) is 2. The van der Waals surface area contributed by atoms with E-state index in [9.17, 15) is 43.7 Å². The van der Waals surface area contributed by atoms with Crippen LogP contribution in [-0.2, 0) is 19.2 Å². The zero-order valence-electron chi connectivity index (χ0n) is 20.8. The molecule has 41 heavy (non-hydrogen) atoms. The van der Waals surface area contributed by atoms with Gasteiger partial charge in [0.05, 0.1) is 0 Å². The molecular weight excluding hydrogens is 583 g/mol. The number of hydrogen-bond donors (Lipinski definition) is 5. The van der Waals surface area contributed by atoms with Crippen LogP contribution in [0.4, 0.5) is 4.39 Å². The number of halogens is 1. The average Bonchev–Trinajstić information content (AvgIpc) is 3.32. The van der Waals surface area contributed by atoms with E-state index in [4.69, 9.17) is 0 Å². The Morgan fingerprint density at radius 2 is 1.90 bits per heavy atom. The summed E-state index contributed by atoms with van der Waals surface area (Å²) in [6.07, 6.45) is -1.98. The van der Waals surface area contributed by atoms with Gasteiger partial charge in [0.2, 0.25) is 0 Å². The van der Waals surface area contributed by atoms with E-state index in [-0.39, 0.29) is 41.1 Å². The molecule has 1 fully saturated rings. The number of aromatic amines is 1. The van der Waals surface area contributed by atoms with Crippen molar-refractivity contribution in [3.8, 4) is 0 Å². The number of aliphatic hydroxyl groups is 1. The third kappa shape index (κ3) is 5.55. The Morgan fingerprint density at radius 1 is 1.17 bits per heavy atom. The van der Waals surface area contributed by atoms with Crippen LogP contribution in [0.15, 0.2) is 57.5 Å². The monoisotopic (exact) mass is 604 g/mol. The molecular formula is C24H21FN6O8S2. The number of aromatic nitrogens is 4. The van der Waals surface area contributed by atoms with Crippen LogP contribution in [0.3, 0.4) is 0 Å². The van der Waals surface area contributed by atoms with E-state index in [1.165, 1.54) is 30.0 Å². The Bertz CT molecular complexity index is 1640. The highest BCUT2D eigenvalue weighted by atomic mass is 32.2. The molecule has 5 rings (SSSR count). The fourth-order valence-electron chi connectivity index (χ4n) is 4.47. The number of carboxylic acid groups (broad SMARTS) is 2. The number of carbonyl (C=O) groups excluding carboxylic acids is 2. The molecule has 0 spiro atoms. The Hall–Kier alpha value is -4.22. The number of benzene rings is 1. The van der Waals surface area contributed by atoms with Crippen LogP contribution >= 0.6 is 23.5 Å². The van der Waals surface area contributed by atoms with Crippen molar-refractivity contribution in [3.05, 3.63) is 69.5 Å². The molecule has 2 amide bonds. The van der Waals surface area contributed by atoms with E-state index >= 15 is 0 Å². The van der Waals surface area contributed by atoms with Crippen molar-refractivity contribution in [2.24, 2.45) is 0 Å². The molecule has 1 saturated heterocycles. The van der Waals surface area contributed by atoms with E-state index in [1.54, 1.807) is 6.07 Å². The summed E-state index contributed by atoms with van der Waals surface area (Å²) in [6.45, 7) is 0. The highest BCUT2D eigenvalue weighted by Gasteiger charge is 2.55. The van der Waals surface area contributed by atoms with E-state index in [0.717, 1.165) is 33.3 Å². The summed E-state index contributed by atoms with van der Waals surface area (Å²) in [7, 11) is 0. The van der Waals surface area contributed by atoms with E-state index in [2.05, 4.69) is 20.6 Å². The summed E-state index contributed by atoms with van der Waals surface area (Å²) in [6, 6.07) is 6.56. The summed E-state index contributed by atoms with van der Waals surface area (Å²) in [5.41, 5.74) is -0.259. The van der Waals surface area contributed by atoms with Crippen LogP contribution in [-0.4, -0.2) is 86.2 Å². The highest BCUT2D eigenvalue weighted by Crippen LogP contribution is 2.44. The number of hydrogen-bond acceptors (Lipinski definition) is 10. The number of carboxylic acids is 2. The van der Waals surface area contributed by atoms with Gasteiger partial charge in [-0.15, -0.1) is 11.8 Å². The lowest BCUT2D eigenvalue weighted by atomic mass is 9.99. The molecule has 214 valence electrons. The van der Waals surface area contributed by atoms with Crippen molar-refractivity contribution in [1.82, 2.24) is 30.0 Å². The van der Waals surface area contributed by atoms with Crippen LogP contribution in [0.5, 0.6) is 0 Å². The minimum absolute atomic E-state index is 0.00337. The number of aliphatic carboxylic acids is 2. The van der Waals surface area contributed by atoms with Crippen LogP contribution in [0.25, 0.3) is 5.65 Å². The van der Waals surface area contributed by atoms with Crippen molar-refractivity contribution in [1.29, 1.82) is 0 Å². The van der Waals surface area contributed by atoms with E-state index in [0.29, 0.717) is 5.03 Å². The molecule has 3 aromatic rings. The summed E-state index contributed by atoms with van der Waals surface area (Å²) >= 11 is 2.22. The van der Waals surface area contributed by atoms with Gasteiger partial charge in [-0.1, -0.05) is 23.9 Å². The minimum atomic E-state index is -1.68. The van der Waals surface area contributed by atoms with Crippen molar-refractivity contribution >= 4 is 52.9 Å². The maximum atomic E-state index is 13.2. The number of nitrogens with zero attached hydrogens (tertiary/aromatic N) is 4. The van der Waals surface area contributed by atoms with Crippen LogP contribution < -0.4 is 11.0 Å². The largest absolute Gasteiger partial charge is 0.481 e. The summed E-state index contributed by atoms with van der Waals surface area (Å²) in [5, 5.41) is 41.2. The molecule has 0 radical (unpaired) electrons. The quantitative estimate of drug-likeness (QED) is 0.157. The predicted octanol–water partition coefficient (Wildman–Crippen LogP) is 0.354. The Balaban J connectivity index is 1.39.